The molecule has 1 atom stereocenters. The maximum Gasteiger partial charge on any atom is 0.146 e. The molecule has 0 N–H and O–H groups in total. The van der Waals surface area contributed by atoms with Gasteiger partial charge in [0.05, 0.1) is 12.7 Å². The molecule has 0 aliphatic carbocycles. The average Bonchev–Trinajstić information content (AvgIpc) is 2.03. The molecule has 0 aliphatic rings. The second-order valence-corrected chi connectivity index (χ2v) is 3.14. The Balaban J connectivity index is 3.58. The van der Waals surface area contributed by atoms with Gasteiger partial charge in [-0.25, -0.2) is 0 Å². The monoisotopic (exact) mass is 171 g/mol. The molecule has 0 aromatic heterocycles. The number of nitriles is 1. The number of hydrogen-bond acceptors (Lipinski definition) is 3. The van der Waals surface area contributed by atoms with Gasteiger partial charge in [-0.2, -0.15) is 5.26 Å². The Labute approximate surface area is 74.3 Å². The molecular formula is C9H17NO2. The summed E-state index contributed by atoms with van der Waals surface area (Å²) in [7, 11) is 1.59. The lowest BCUT2D eigenvalue weighted by atomic mass is 9.94. The van der Waals surface area contributed by atoms with Gasteiger partial charge in [-0.3, -0.25) is 0 Å². The summed E-state index contributed by atoms with van der Waals surface area (Å²) in [6.07, 6.45) is 0.557. The third-order valence-corrected chi connectivity index (χ3v) is 1.83. The minimum Gasteiger partial charge on any atom is -0.359 e. The van der Waals surface area contributed by atoms with Gasteiger partial charge < -0.3 is 9.47 Å². The first-order valence-corrected chi connectivity index (χ1v) is 4.16. The molecule has 0 radical (unpaired) electrons. The van der Waals surface area contributed by atoms with Crippen molar-refractivity contribution < 1.29 is 9.47 Å². The second-order valence-electron chi connectivity index (χ2n) is 3.14. The number of rotatable bonds is 6. The molecule has 3 heteroatoms. The molecule has 0 aliphatic heterocycles. The molecule has 0 aromatic rings. The van der Waals surface area contributed by atoms with E-state index in [4.69, 9.17) is 14.7 Å². The van der Waals surface area contributed by atoms with Crippen molar-refractivity contribution in [3.8, 4) is 6.07 Å². The lowest BCUT2D eigenvalue weighted by Crippen LogP contribution is -2.16. The Morgan fingerprint density at radius 2 is 2.08 bits per heavy atom. The molecule has 0 saturated carbocycles. The van der Waals surface area contributed by atoms with Crippen molar-refractivity contribution in [2.24, 2.45) is 11.8 Å². The Bertz CT molecular complexity index is 140. The van der Waals surface area contributed by atoms with E-state index in [0.29, 0.717) is 31.7 Å². The van der Waals surface area contributed by atoms with Gasteiger partial charge >= 0.3 is 0 Å². The van der Waals surface area contributed by atoms with Gasteiger partial charge in [0.15, 0.2) is 0 Å². The minimum atomic E-state index is 0.314. The Morgan fingerprint density at radius 3 is 2.50 bits per heavy atom. The highest BCUT2D eigenvalue weighted by atomic mass is 16.7. The molecule has 0 aromatic carbocycles. The SMILES string of the molecule is COCOC[C@@H](CC#N)C(C)C. The van der Waals surface area contributed by atoms with Crippen molar-refractivity contribution >= 4 is 0 Å². The first-order chi connectivity index (χ1) is 5.72. The summed E-state index contributed by atoms with van der Waals surface area (Å²) >= 11 is 0. The van der Waals surface area contributed by atoms with Crippen molar-refractivity contribution in [2.45, 2.75) is 20.3 Å². The van der Waals surface area contributed by atoms with E-state index in [0.717, 1.165) is 0 Å². The quantitative estimate of drug-likeness (QED) is 0.452. The van der Waals surface area contributed by atoms with Crippen LogP contribution in [0.5, 0.6) is 0 Å². The molecule has 70 valence electrons. The average molecular weight is 171 g/mol. The van der Waals surface area contributed by atoms with Crippen LogP contribution in [0.25, 0.3) is 0 Å². The smallest absolute Gasteiger partial charge is 0.146 e. The highest BCUT2D eigenvalue weighted by Gasteiger charge is 2.12. The topological polar surface area (TPSA) is 42.2 Å². The summed E-state index contributed by atoms with van der Waals surface area (Å²) in [6.45, 7) is 5.12. The summed E-state index contributed by atoms with van der Waals surface area (Å²) in [5.41, 5.74) is 0. The molecular weight excluding hydrogens is 154 g/mol. The van der Waals surface area contributed by atoms with Gasteiger partial charge in [0.1, 0.15) is 6.79 Å². The zero-order chi connectivity index (χ0) is 9.40. The van der Waals surface area contributed by atoms with Crippen LogP contribution >= 0.6 is 0 Å². The van der Waals surface area contributed by atoms with Gasteiger partial charge in [0, 0.05) is 13.5 Å². The van der Waals surface area contributed by atoms with E-state index in [2.05, 4.69) is 19.9 Å². The van der Waals surface area contributed by atoms with Crippen LogP contribution in [0, 0.1) is 23.2 Å². The summed E-state index contributed by atoms with van der Waals surface area (Å²) < 4.78 is 9.93. The van der Waals surface area contributed by atoms with E-state index in [9.17, 15) is 0 Å². The number of methoxy groups -OCH3 is 1. The van der Waals surface area contributed by atoms with Gasteiger partial charge in [-0.1, -0.05) is 13.8 Å². The maximum atomic E-state index is 8.51. The maximum absolute atomic E-state index is 8.51. The van der Waals surface area contributed by atoms with E-state index in [1.54, 1.807) is 7.11 Å². The molecule has 0 saturated heterocycles. The van der Waals surface area contributed by atoms with Gasteiger partial charge in [0.25, 0.3) is 0 Å². The third kappa shape index (κ3) is 5.11. The van der Waals surface area contributed by atoms with E-state index >= 15 is 0 Å². The van der Waals surface area contributed by atoms with Crippen LogP contribution in [-0.4, -0.2) is 20.5 Å². The summed E-state index contributed by atoms with van der Waals surface area (Å²) in [5.74, 6) is 0.812. The fraction of sp³-hybridized carbons (Fsp3) is 0.889. The molecule has 0 amide bonds. The molecule has 0 bridgehead atoms. The molecule has 0 rings (SSSR count). The predicted octanol–water partition coefficient (Wildman–Crippen LogP) is 1.79. The number of hydrogen-bond donors (Lipinski definition) is 0. The second kappa shape index (κ2) is 7.08. The zero-order valence-corrected chi connectivity index (χ0v) is 8.04. The lowest BCUT2D eigenvalue weighted by molar-refractivity contribution is -0.0477. The fourth-order valence-corrected chi connectivity index (χ4v) is 0.887. The predicted molar refractivity (Wildman–Crippen MR) is 46.4 cm³/mol. The first kappa shape index (κ1) is 11.4. The van der Waals surface area contributed by atoms with E-state index < -0.39 is 0 Å². The summed E-state index contributed by atoms with van der Waals surface area (Å²) in [5, 5.41) is 8.51. The molecule has 0 unspecified atom stereocenters. The normalized spacial score (nSPS) is 12.9. The number of nitrogens with zero attached hydrogens (tertiary/aromatic N) is 1. The summed E-state index contributed by atoms with van der Waals surface area (Å²) in [4.78, 5) is 0. The van der Waals surface area contributed by atoms with Crippen LogP contribution in [0.15, 0.2) is 0 Å². The standard InChI is InChI=1S/C9H17NO2/c1-8(2)9(4-5-10)6-12-7-11-3/h8-9H,4,6-7H2,1-3H3/t9-/m1/s1. The third-order valence-electron chi connectivity index (χ3n) is 1.83. The lowest BCUT2D eigenvalue weighted by Gasteiger charge is -2.16. The number of ether oxygens (including phenoxy) is 2. The van der Waals surface area contributed by atoms with Crippen LogP contribution in [0.1, 0.15) is 20.3 Å². The van der Waals surface area contributed by atoms with Crippen LogP contribution in [0.4, 0.5) is 0 Å². The molecule has 0 heterocycles. The molecule has 3 nitrogen and oxygen atoms in total. The van der Waals surface area contributed by atoms with E-state index in [1.165, 1.54) is 0 Å². The van der Waals surface area contributed by atoms with Crippen LogP contribution in [0.2, 0.25) is 0 Å². The summed E-state index contributed by atoms with van der Waals surface area (Å²) in [6, 6.07) is 2.16. The van der Waals surface area contributed by atoms with Crippen molar-refractivity contribution in [3.05, 3.63) is 0 Å². The van der Waals surface area contributed by atoms with Gasteiger partial charge in [-0.15, -0.1) is 0 Å². The molecule has 0 fully saturated rings. The highest BCUT2D eigenvalue weighted by Crippen LogP contribution is 2.14. The molecule has 12 heavy (non-hydrogen) atoms. The van der Waals surface area contributed by atoms with Crippen molar-refractivity contribution in [1.82, 2.24) is 0 Å². The Hall–Kier alpha value is -0.590. The Morgan fingerprint density at radius 1 is 1.42 bits per heavy atom. The van der Waals surface area contributed by atoms with E-state index in [1.807, 2.05) is 0 Å². The van der Waals surface area contributed by atoms with Crippen molar-refractivity contribution in [1.29, 1.82) is 5.26 Å². The van der Waals surface area contributed by atoms with Crippen molar-refractivity contribution in [2.75, 3.05) is 20.5 Å². The Kier molecular flexibility index (Phi) is 6.73. The minimum absolute atomic E-state index is 0.314. The molecule has 0 spiro atoms. The highest BCUT2D eigenvalue weighted by molar-refractivity contribution is 4.77. The van der Waals surface area contributed by atoms with Crippen LogP contribution in [0.3, 0.4) is 0 Å². The largest absolute Gasteiger partial charge is 0.359 e. The zero-order valence-electron chi connectivity index (χ0n) is 8.04. The van der Waals surface area contributed by atoms with Crippen LogP contribution < -0.4 is 0 Å². The van der Waals surface area contributed by atoms with Crippen molar-refractivity contribution in [3.63, 3.8) is 0 Å². The van der Waals surface area contributed by atoms with Gasteiger partial charge in [0.2, 0.25) is 0 Å². The van der Waals surface area contributed by atoms with E-state index in [-0.39, 0.29) is 0 Å². The van der Waals surface area contributed by atoms with Crippen LogP contribution in [-0.2, 0) is 9.47 Å². The van der Waals surface area contributed by atoms with Gasteiger partial charge in [-0.05, 0) is 11.8 Å². The first-order valence-electron chi connectivity index (χ1n) is 4.16. The fourth-order valence-electron chi connectivity index (χ4n) is 0.887.